The number of benzene rings is 2. The molecule has 0 spiro atoms. The Morgan fingerprint density at radius 1 is 1.06 bits per heavy atom. The molecule has 0 aromatic heterocycles. The molecule has 0 aliphatic carbocycles. The van der Waals surface area contributed by atoms with Gasteiger partial charge in [-0.15, -0.1) is 0 Å². The van der Waals surface area contributed by atoms with E-state index in [4.69, 9.17) is 10.00 Å². The van der Waals surface area contributed by atoms with Gasteiger partial charge in [0.15, 0.2) is 0 Å². The molecule has 162 valence electrons. The number of nitrogens with zero attached hydrogens (tertiary/aromatic N) is 3. The number of anilines is 2. The summed E-state index contributed by atoms with van der Waals surface area (Å²) in [6.07, 6.45) is 0.408. The van der Waals surface area contributed by atoms with E-state index >= 15 is 0 Å². The monoisotopic (exact) mass is 420 g/mol. The lowest BCUT2D eigenvalue weighted by atomic mass is 10.1. The topological polar surface area (TPSA) is 85.7 Å². The molecular formula is C24H28N4O3. The van der Waals surface area contributed by atoms with Crippen LogP contribution in [0.3, 0.4) is 0 Å². The van der Waals surface area contributed by atoms with Gasteiger partial charge >= 0.3 is 0 Å². The van der Waals surface area contributed by atoms with Gasteiger partial charge in [0, 0.05) is 50.4 Å². The molecule has 2 aromatic carbocycles. The van der Waals surface area contributed by atoms with E-state index in [1.165, 1.54) is 0 Å². The summed E-state index contributed by atoms with van der Waals surface area (Å²) in [5.41, 5.74) is 2.59. The number of amides is 2. The zero-order valence-corrected chi connectivity index (χ0v) is 17.6. The quantitative estimate of drug-likeness (QED) is 0.673. The number of ether oxygens (including phenoxy) is 1. The molecule has 0 bridgehead atoms. The second-order valence-corrected chi connectivity index (χ2v) is 7.43. The lowest BCUT2D eigenvalue weighted by molar-refractivity contribution is -0.122. The fourth-order valence-corrected chi connectivity index (χ4v) is 3.51. The van der Waals surface area contributed by atoms with E-state index < -0.39 is 0 Å². The standard InChI is InChI=1S/C24H28N4O3/c25-12-5-13-28(22-8-2-1-3-9-22)24(30)11-10-23(29)26-21-7-4-6-20(18-21)19-27-14-16-31-17-15-27/h1-4,6-9,18H,5,10-11,13-17,19H2,(H,26,29). The predicted octanol–water partition coefficient (Wildman–Crippen LogP) is 3.18. The Morgan fingerprint density at radius 2 is 1.84 bits per heavy atom. The summed E-state index contributed by atoms with van der Waals surface area (Å²) >= 11 is 0. The highest BCUT2D eigenvalue weighted by atomic mass is 16.5. The highest BCUT2D eigenvalue weighted by Gasteiger charge is 2.17. The van der Waals surface area contributed by atoms with E-state index in [0.717, 1.165) is 49.8 Å². The van der Waals surface area contributed by atoms with Crippen LogP contribution in [-0.2, 0) is 20.9 Å². The Labute approximate surface area is 183 Å². The lowest BCUT2D eigenvalue weighted by Crippen LogP contribution is -2.35. The molecule has 7 heteroatoms. The smallest absolute Gasteiger partial charge is 0.227 e. The van der Waals surface area contributed by atoms with Gasteiger partial charge in [0.25, 0.3) is 0 Å². The fourth-order valence-electron chi connectivity index (χ4n) is 3.51. The van der Waals surface area contributed by atoms with E-state index in [1.54, 1.807) is 4.90 Å². The van der Waals surface area contributed by atoms with Crippen molar-refractivity contribution in [1.29, 1.82) is 5.26 Å². The van der Waals surface area contributed by atoms with Crippen LogP contribution in [0.15, 0.2) is 54.6 Å². The molecule has 0 unspecified atom stereocenters. The van der Waals surface area contributed by atoms with Gasteiger partial charge in [-0.2, -0.15) is 5.26 Å². The van der Waals surface area contributed by atoms with E-state index in [2.05, 4.69) is 16.3 Å². The Balaban J connectivity index is 1.52. The van der Waals surface area contributed by atoms with Gasteiger partial charge < -0.3 is 15.0 Å². The molecule has 1 fully saturated rings. The minimum atomic E-state index is -0.204. The van der Waals surface area contributed by atoms with E-state index in [0.29, 0.717) is 6.54 Å². The minimum absolute atomic E-state index is 0.0830. The van der Waals surface area contributed by atoms with Crippen LogP contribution in [0, 0.1) is 11.3 Å². The van der Waals surface area contributed by atoms with Crippen molar-refractivity contribution in [2.45, 2.75) is 25.8 Å². The number of hydrogen-bond donors (Lipinski definition) is 1. The Morgan fingerprint density at radius 3 is 2.58 bits per heavy atom. The summed E-state index contributed by atoms with van der Waals surface area (Å²) < 4.78 is 5.38. The molecule has 0 atom stereocenters. The zero-order chi connectivity index (χ0) is 21.9. The first-order valence-corrected chi connectivity index (χ1v) is 10.6. The summed E-state index contributed by atoms with van der Waals surface area (Å²) in [5.74, 6) is -0.372. The van der Waals surface area contributed by atoms with Gasteiger partial charge in [0.05, 0.1) is 25.7 Å². The number of carbonyl (C=O) groups is 2. The Bertz CT molecular complexity index is 905. The first-order chi connectivity index (χ1) is 15.2. The number of nitrogens with one attached hydrogen (secondary N) is 1. The van der Waals surface area contributed by atoms with Crippen LogP contribution >= 0.6 is 0 Å². The van der Waals surface area contributed by atoms with Gasteiger partial charge in [0.1, 0.15) is 0 Å². The van der Waals surface area contributed by atoms with Crippen LogP contribution in [0.1, 0.15) is 24.8 Å². The number of morpholine rings is 1. The van der Waals surface area contributed by atoms with Gasteiger partial charge in [-0.3, -0.25) is 14.5 Å². The third-order valence-corrected chi connectivity index (χ3v) is 5.10. The number of nitriles is 1. The fraction of sp³-hybridized carbons (Fsp3) is 0.375. The maximum Gasteiger partial charge on any atom is 0.227 e. The molecule has 31 heavy (non-hydrogen) atoms. The lowest BCUT2D eigenvalue weighted by Gasteiger charge is -2.26. The number of hydrogen-bond acceptors (Lipinski definition) is 5. The number of rotatable bonds is 9. The molecule has 1 N–H and O–H groups in total. The molecule has 1 aliphatic rings. The van der Waals surface area contributed by atoms with Crippen LogP contribution < -0.4 is 10.2 Å². The van der Waals surface area contributed by atoms with Crippen molar-refractivity contribution in [3.8, 4) is 6.07 Å². The van der Waals surface area contributed by atoms with Crippen LogP contribution in [-0.4, -0.2) is 49.6 Å². The Kier molecular flexibility index (Phi) is 8.59. The molecule has 7 nitrogen and oxygen atoms in total. The SMILES string of the molecule is N#CCCN(C(=O)CCC(=O)Nc1cccc(CN2CCOCC2)c1)c1ccccc1. The second kappa shape index (κ2) is 11.8. The average Bonchev–Trinajstić information content (AvgIpc) is 2.79. The summed E-state index contributed by atoms with van der Waals surface area (Å²) in [7, 11) is 0. The van der Waals surface area contributed by atoms with E-state index in [-0.39, 0.29) is 31.1 Å². The van der Waals surface area contributed by atoms with Crippen molar-refractivity contribution < 1.29 is 14.3 Å². The van der Waals surface area contributed by atoms with Crippen molar-refractivity contribution in [2.75, 3.05) is 43.1 Å². The Hall–Kier alpha value is -3.21. The van der Waals surface area contributed by atoms with Crippen LogP contribution in [0.4, 0.5) is 11.4 Å². The molecule has 0 saturated carbocycles. The van der Waals surface area contributed by atoms with Crippen LogP contribution in [0.25, 0.3) is 0 Å². The van der Waals surface area contributed by atoms with E-state index in [9.17, 15) is 9.59 Å². The average molecular weight is 421 g/mol. The molecule has 1 aliphatic heterocycles. The molecule has 0 radical (unpaired) electrons. The van der Waals surface area contributed by atoms with Gasteiger partial charge in [-0.05, 0) is 29.8 Å². The molecule has 2 aromatic rings. The third kappa shape index (κ3) is 7.21. The zero-order valence-electron chi connectivity index (χ0n) is 17.6. The minimum Gasteiger partial charge on any atom is -0.379 e. The first-order valence-electron chi connectivity index (χ1n) is 10.6. The molecule has 1 heterocycles. The number of para-hydroxylation sites is 1. The van der Waals surface area contributed by atoms with Crippen molar-refractivity contribution in [3.05, 3.63) is 60.2 Å². The maximum atomic E-state index is 12.7. The number of carbonyl (C=O) groups excluding carboxylic acids is 2. The summed E-state index contributed by atoms with van der Waals surface area (Å²) in [6.45, 7) is 4.43. The highest BCUT2D eigenvalue weighted by molar-refractivity contribution is 5.98. The summed E-state index contributed by atoms with van der Waals surface area (Å²) in [4.78, 5) is 29.0. The maximum absolute atomic E-state index is 12.7. The van der Waals surface area contributed by atoms with Crippen LogP contribution in [0.2, 0.25) is 0 Å². The third-order valence-electron chi connectivity index (χ3n) is 5.10. The summed E-state index contributed by atoms with van der Waals surface area (Å²) in [5, 5.41) is 11.8. The first kappa shape index (κ1) is 22.5. The van der Waals surface area contributed by atoms with E-state index in [1.807, 2.05) is 54.6 Å². The molecule has 2 amide bonds. The van der Waals surface area contributed by atoms with Gasteiger partial charge in [0.2, 0.25) is 11.8 Å². The van der Waals surface area contributed by atoms with Crippen molar-refractivity contribution in [1.82, 2.24) is 4.90 Å². The normalized spacial score (nSPS) is 13.9. The molecule has 3 rings (SSSR count). The second-order valence-electron chi connectivity index (χ2n) is 7.43. The van der Waals surface area contributed by atoms with Crippen molar-refractivity contribution in [3.63, 3.8) is 0 Å². The van der Waals surface area contributed by atoms with Crippen molar-refractivity contribution >= 4 is 23.2 Å². The van der Waals surface area contributed by atoms with Crippen molar-refractivity contribution in [2.24, 2.45) is 0 Å². The highest BCUT2D eigenvalue weighted by Crippen LogP contribution is 2.17. The van der Waals surface area contributed by atoms with Crippen LogP contribution in [0.5, 0.6) is 0 Å². The van der Waals surface area contributed by atoms with Gasteiger partial charge in [-0.25, -0.2) is 0 Å². The van der Waals surface area contributed by atoms with Gasteiger partial charge in [-0.1, -0.05) is 30.3 Å². The molecule has 1 saturated heterocycles. The largest absolute Gasteiger partial charge is 0.379 e. The molecular weight excluding hydrogens is 392 g/mol. The summed E-state index contributed by atoms with van der Waals surface area (Å²) in [6, 6.07) is 19.1. The predicted molar refractivity (Wildman–Crippen MR) is 119 cm³/mol.